The van der Waals surface area contributed by atoms with Crippen LogP contribution in [-0.4, -0.2) is 30.1 Å². The molecule has 1 aromatic carbocycles. The zero-order valence-corrected chi connectivity index (χ0v) is 10.9. The van der Waals surface area contributed by atoms with Crippen LogP contribution in [0.15, 0.2) is 18.2 Å². The van der Waals surface area contributed by atoms with E-state index < -0.39 is 18.6 Å². The van der Waals surface area contributed by atoms with Gasteiger partial charge in [0.15, 0.2) is 0 Å². The lowest BCUT2D eigenvalue weighted by Gasteiger charge is -2.24. The second-order valence-corrected chi connectivity index (χ2v) is 4.42. The summed E-state index contributed by atoms with van der Waals surface area (Å²) in [5.41, 5.74) is 6.87. The number of carbonyl (C=O) groups is 1. The number of nitrogens with two attached hydrogens (primary N) is 1. The summed E-state index contributed by atoms with van der Waals surface area (Å²) in [6.45, 7) is 2.22. The number of carbonyl (C=O) groups excluding carboxylic acids is 1. The fourth-order valence-corrected chi connectivity index (χ4v) is 1.84. The molecule has 0 atom stereocenters. The smallest absolute Gasteiger partial charge is 0.399 e. The Bertz CT molecular complexity index is 458. The topological polar surface area (TPSA) is 46.3 Å². The lowest BCUT2D eigenvalue weighted by atomic mass is 10.1. The van der Waals surface area contributed by atoms with Gasteiger partial charge in [-0.15, -0.1) is 0 Å². The minimum absolute atomic E-state index is 0.0716. The first-order valence-electron chi connectivity index (χ1n) is 5.96. The van der Waals surface area contributed by atoms with E-state index in [0.717, 1.165) is 4.90 Å². The Morgan fingerprint density at radius 1 is 1.37 bits per heavy atom. The molecule has 0 aromatic heterocycles. The molecular formula is C13H17F3N2O. The van der Waals surface area contributed by atoms with Crippen LogP contribution in [0.2, 0.25) is 0 Å². The number of alkyl halides is 3. The average molecular weight is 274 g/mol. The maximum Gasteiger partial charge on any atom is 0.406 e. The molecular weight excluding hydrogens is 257 g/mol. The van der Waals surface area contributed by atoms with Crippen molar-refractivity contribution in [1.29, 1.82) is 0 Å². The van der Waals surface area contributed by atoms with Gasteiger partial charge >= 0.3 is 6.18 Å². The molecule has 1 amide bonds. The lowest BCUT2D eigenvalue weighted by molar-refractivity contribution is -0.140. The summed E-state index contributed by atoms with van der Waals surface area (Å²) in [4.78, 5) is 12.9. The molecule has 0 saturated heterocycles. The summed E-state index contributed by atoms with van der Waals surface area (Å²) in [5, 5.41) is 0. The Morgan fingerprint density at radius 3 is 2.47 bits per heavy atom. The van der Waals surface area contributed by atoms with Gasteiger partial charge in [0.1, 0.15) is 6.54 Å². The molecule has 0 saturated carbocycles. The summed E-state index contributed by atoms with van der Waals surface area (Å²) in [6.07, 6.45) is -3.93. The molecule has 0 radical (unpaired) electrons. The highest BCUT2D eigenvalue weighted by Gasteiger charge is 2.33. The number of amides is 1. The zero-order valence-electron chi connectivity index (χ0n) is 10.9. The molecule has 19 heavy (non-hydrogen) atoms. The molecule has 6 heteroatoms. The second-order valence-electron chi connectivity index (χ2n) is 4.42. The molecule has 3 nitrogen and oxygen atoms in total. The number of rotatable bonds is 4. The molecule has 0 bridgehead atoms. The van der Waals surface area contributed by atoms with Gasteiger partial charge < -0.3 is 10.6 Å². The zero-order chi connectivity index (χ0) is 14.6. The third-order valence-corrected chi connectivity index (χ3v) is 2.63. The van der Waals surface area contributed by atoms with E-state index in [1.54, 1.807) is 19.9 Å². The molecule has 0 fully saturated rings. The molecule has 106 valence electrons. The molecule has 2 N–H and O–H groups in total. The number of nitrogen functional groups attached to an aromatic ring is 1. The largest absolute Gasteiger partial charge is 0.406 e. The minimum Gasteiger partial charge on any atom is -0.399 e. The van der Waals surface area contributed by atoms with Crippen LogP contribution in [0, 0.1) is 6.92 Å². The Labute approximate surface area is 110 Å². The van der Waals surface area contributed by atoms with E-state index in [-0.39, 0.29) is 12.1 Å². The van der Waals surface area contributed by atoms with Gasteiger partial charge in [-0.25, -0.2) is 0 Å². The number of halogens is 3. The normalized spacial score (nSPS) is 11.4. The van der Waals surface area contributed by atoms with Crippen molar-refractivity contribution in [3.05, 3.63) is 29.3 Å². The van der Waals surface area contributed by atoms with E-state index in [0.29, 0.717) is 17.7 Å². The average Bonchev–Trinajstić information content (AvgIpc) is 2.26. The molecule has 0 spiro atoms. The highest BCUT2D eigenvalue weighted by molar-refractivity contribution is 5.96. The molecule has 0 aliphatic rings. The van der Waals surface area contributed by atoms with Crippen LogP contribution in [0.5, 0.6) is 0 Å². The summed E-state index contributed by atoms with van der Waals surface area (Å²) in [7, 11) is 0. The van der Waals surface area contributed by atoms with Gasteiger partial charge in [-0.1, -0.05) is 6.92 Å². The third kappa shape index (κ3) is 4.46. The molecule has 0 heterocycles. The van der Waals surface area contributed by atoms with Gasteiger partial charge in [-0.05, 0) is 37.1 Å². The fraction of sp³-hybridized carbons (Fsp3) is 0.462. The lowest BCUT2D eigenvalue weighted by Crippen LogP contribution is -2.39. The molecule has 0 unspecified atom stereocenters. The Morgan fingerprint density at radius 2 is 2.00 bits per heavy atom. The Hall–Kier alpha value is -1.72. The number of nitrogens with zero attached hydrogens (tertiary/aromatic N) is 1. The van der Waals surface area contributed by atoms with Gasteiger partial charge in [0.2, 0.25) is 0 Å². The molecule has 1 aromatic rings. The van der Waals surface area contributed by atoms with Crippen LogP contribution in [-0.2, 0) is 0 Å². The minimum atomic E-state index is -4.40. The van der Waals surface area contributed by atoms with Crippen molar-refractivity contribution >= 4 is 11.6 Å². The molecule has 1 rings (SSSR count). The Kier molecular flexibility index (Phi) is 4.80. The van der Waals surface area contributed by atoms with Gasteiger partial charge in [0.25, 0.3) is 5.91 Å². The number of benzene rings is 1. The van der Waals surface area contributed by atoms with Crippen LogP contribution in [0.4, 0.5) is 18.9 Å². The summed E-state index contributed by atoms with van der Waals surface area (Å²) < 4.78 is 37.4. The van der Waals surface area contributed by atoms with Crippen molar-refractivity contribution in [2.45, 2.75) is 26.4 Å². The summed E-state index contributed by atoms with van der Waals surface area (Å²) >= 11 is 0. The van der Waals surface area contributed by atoms with Crippen LogP contribution in [0.25, 0.3) is 0 Å². The second kappa shape index (κ2) is 5.95. The van der Waals surface area contributed by atoms with Crippen molar-refractivity contribution in [2.24, 2.45) is 0 Å². The van der Waals surface area contributed by atoms with E-state index in [1.165, 1.54) is 12.1 Å². The maximum atomic E-state index is 12.5. The van der Waals surface area contributed by atoms with Crippen molar-refractivity contribution in [3.63, 3.8) is 0 Å². The van der Waals surface area contributed by atoms with E-state index >= 15 is 0 Å². The first kappa shape index (κ1) is 15.3. The van der Waals surface area contributed by atoms with E-state index in [4.69, 9.17) is 5.73 Å². The van der Waals surface area contributed by atoms with E-state index in [2.05, 4.69) is 0 Å². The van der Waals surface area contributed by atoms with Crippen molar-refractivity contribution in [3.8, 4) is 0 Å². The first-order chi connectivity index (χ1) is 8.74. The predicted molar refractivity (Wildman–Crippen MR) is 67.8 cm³/mol. The van der Waals surface area contributed by atoms with Crippen LogP contribution in [0.3, 0.4) is 0 Å². The first-order valence-corrected chi connectivity index (χ1v) is 5.96. The Balaban J connectivity index is 2.99. The van der Waals surface area contributed by atoms with Gasteiger partial charge in [-0.2, -0.15) is 13.2 Å². The van der Waals surface area contributed by atoms with Crippen molar-refractivity contribution in [1.82, 2.24) is 4.90 Å². The molecule has 0 aliphatic carbocycles. The number of anilines is 1. The summed E-state index contributed by atoms with van der Waals surface area (Å²) in [5.74, 6) is -0.614. The SMILES string of the molecule is CCCN(CC(F)(F)F)C(=O)c1ccc(N)cc1C. The van der Waals surface area contributed by atoms with Crippen LogP contribution in [0.1, 0.15) is 29.3 Å². The maximum absolute atomic E-state index is 12.5. The fourth-order valence-electron chi connectivity index (χ4n) is 1.84. The molecule has 0 aliphatic heterocycles. The predicted octanol–water partition coefficient (Wildman–Crippen LogP) is 2.99. The quantitative estimate of drug-likeness (QED) is 0.858. The summed E-state index contributed by atoms with van der Waals surface area (Å²) in [6, 6.07) is 4.55. The third-order valence-electron chi connectivity index (χ3n) is 2.63. The van der Waals surface area contributed by atoms with Gasteiger partial charge in [-0.3, -0.25) is 4.79 Å². The number of hydrogen-bond acceptors (Lipinski definition) is 2. The highest BCUT2D eigenvalue weighted by Crippen LogP contribution is 2.20. The monoisotopic (exact) mass is 274 g/mol. The van der Waals surface area contributed by atoms with Crippen LogP contribution >= 0.6 is 0 Å². The number of aryl methyl sites for hydroxylation is 1. The van der Waals surface area contributed by atoms with E-state index in [1.807, 2.05) is 0 Å². The van der Waals surface area contributed by atoms with E-state index in [9.17, 15) is 18.0 Å². The highest BCUT2D eigenvalue weighted by atomic mass is 19.4. The van der Waals surface area contributed by atoms with Gasteiger partial charge in [0, 0.05) is 17.8 Å². The standard InChI is InChI=1S/C13H17F3N2O/c1-3-6-18(8-13(14,15)16)12(19)11-5-4-10(17)7-9(11)2/h4-5,7H,3,6,8,17H2,1-2H3. The van der Waals surface area contributed by atoms with Crippen molar-refractivity contribution in [2.75, 3.05) is 18.8 Å². The number of hydrogen-bond donors (Lipinski definition) is 1. The van der Waals surface area contributed by atoms with Gasteiger partial charge in [0.05, 0.1) is 0 Å². The van der Waals surface area contributed by atoms with Crippen molar-refractivity contribution < 1.29 is 18.0 Å². The van der Waals surface area contributed by atoms with Crippen LogP contribution < -0.4 is 5.73 Å².